The Bertz CT molecular complexity index is 279. The van der Waals surface area contributed by atoms with Crippen LogP contribution in [-0.4, -0.2) is 17.9 Å². The Balaban J connectivity index is 2.70. The molecule has 0 fully saturated rings. The van der Waals surface area contributed by atoms with Crippen molar-refractivity contribution in [3.63, 3.8) is 0 Å². The SMILES string of the molecule is CCCC(OCC)c1ncc(C=O)s1. The molecule has 14 heavy (non-hydrogen) atoms. The lowest BCUT2D eigenvalue weighted by Crippen LogP contribution is -2.03. The molecule has 0 aliphatic rings. The first-order valence-corrected chi connectivity index (χ1v) is 5.66. The van der Waals surface area contributed by atoms with Gasteiger partial charge >= 0.3 is 0 Å². The van der Waals surface area contributed by atoms with E-state index in [4.69, 9.17) is 4.74 Å². The quantitative estimate of drug-likeness (QED) is 0.682. The third-order valence-corrected chi connectivity index (χ3v) is 2.87. The molecule has 0 spiro atoms. The van der Waals surface area contributed by atoms with E-state index >= 15 is 0 Å². The summed E-state index contributed by atoms with van der Waals surface area (Å²) in [6, 6.07) is 0. The minimum atomic E-state index is 0.0590. The van der Waals surface area contributed by atoms with Crippen LogP contribution < -0.4 is 0 Å². The number of thiazole rings is 1. The van der Waals surface area contributed by atoms with E-state index in [1.165, 1.54) is 11.3 Å². The number of rotatable bonds is 6. The fourth-order valence-corrected chi connectivity index (χ4v) is 2.06. The van der Waals surface area contributed by atoms with E-state index in [2.05, 4.69) is 11.9 Å². The highest BCUT2D eigenvalue weighted by molar-refractivity contribution is 7.13. The molecule has 0 saturated carbocycles. The second-order valence-electron chi connectivity index (χ2n) is 2.95. The van der Waals surface area contributed by atoms with Gasteiger partial charge in [-0.1, -0.05) is 13.3 Å². The predicted octanol–water partition coefficient (Wildman–Crippen LogP) is 2.83. The van der Waals surface area contributed by atoms with Gasteiger partial charge in [-0.15, -0.1) is 11.3 Å². The number of carbonyl (C=O) groups excluding carboxylic acids is 1. The van der Waals surface area contributed by atoms with E-state index in [0.717, 1.165) is 24.1 Å². The molecule has 0 radical (unpaired) electrons. The zero-order valence-corrected chi connectivity index (χ0v) is 9.34. The highest BCUT2D eigenvalue weighted by Crippen LogP contribution is 2.26. The van der Waals surface area contributed by atoms with Crippen LogP contribution in [-0.2, 0) is 4.74 Å². The van der Waals surface area contributed by atoms with Crippen LogP contribution in [0.15, 0.2) is 6.20 Å². The van der Waals surface area contributed by atoms with Crippen molar-refractivity contribution in [2.45, 2.75) is 32.8 Å². The monoisotopic (exact) mass is 213 g/mol. The molecule has 0 N–H and O–H groups in total. The summed E-state index contributed by atoms with van der Waals surface area (Å²) >= 11 is 1.42. The number of nitrogens with zero attached hydrogens (tertiary/aromatic N) is 1. The third-order valence-electron chi connectivity index (χ3n) is 1.85. The first-order chi connectivity index (χ1) is 6.81. The van der Waals surface area contributed by atoms with Gasteiger partial charge in [0.25, 0.3) is 0 Å². The van der Waals surface area contributed by atoms with Gasteiger partial charge < -0.3 is 4.74 Å². The summed E-state index contributed by atoms with van der Waals surface area (Å²) in [4.78, 5) is 15.3. The molecule has 1 unspecified atom stereocenters. The lowest BCUT2D eigenvalue weighted by molar-refractivity contribution is 0.0555. The Morgan fingerprint density at radius 2 is 2.43 bits per heavy atom. The van der Waals surface area contributed by atoms with Gasteiger partial charge in [-0.05, 0) is 13.3 Å². The fraction of sp³-hybridized carbons (Fsp3) is 0.600. The molecule has 0 aliphatic carbocycles. The zero-order valence-electron chi connectivity index (χ0n) is 8.53. The molecule has 0 aliphatic heterocycles. The smallest absolute Gasteiger partial charge is 0.161 e. The summed E-state index contributed by atoms with van der Waals surface area (Å²) in [7, 11) is 0. The van der Waals surface area contributed by atoms with E-state index in [-0.39, 0.29) is 6.10 Å². The highest BCUT2D eigenvalue weighted by Gasteiger charge is 2.14. The van der Waals surface area contributed by atoms with Gasteiger partial charge in [0.1, 0.15) is 11.1 Å². The van der Waals surface area contributed by atoms with Crippen LogP contribution in [0.25, 0.3) is 0 Å². The molecule has 1 atom stereocenters. The summed E-state index contributed by atoms with van der Waals surface area (Å²) in [6.45, 7) is 4.76. The lowest BCUT2D eigenvalue weighted by Gasteiger charge is -2.12. The van der Waals surface area contributed by atoms with Crippen LogP contribution in [0.3, 0.4) is 0 Å². The standard InChI is InChI=1S/C10H15NO2S/c1-3-5-9(13-4-2)10-11-6-8(7-12)14-10/h6-7,9H,3-5H2,1-2H3. The predicted molar refractivity (Wildman–Crippen MR) is 56.8 cm³/mol. The van der Waals surface area contributed by atoms with Crippen LogP contribution in [0.1, 0.15) is 47.5 Å². The second-order valence-corrected chi connectivity index (χ2v) is 4.05. The third kappa shape index (κ3) is 2.89. The van der Waals surface area contributed by atoms with E-state index in [0.29, 0.717) is 11.5 Å². The highest BCUT2D eigenvalue weighted by atomic mass is 32.1. The van der Waals surface area contributed by atoms with E-state index < -0.39 is 0 Å². The van der Waals surface area contributed by atoms with Gasteiger partial charge in [0.15, 0.2) is 6.29 Å². The van der Waals surface area contributed by atoms with Crippen molar-refractivity contribution < 1.29 is 9.53 Å². The summed E-state index contributed by atoms with van der Waals surface area (Å²) in [5.74, 6) is 0. The average Bonchev–Trinajstić information content (AvgIpc) is 2.65. The first-order valence-electron chi connectivity index (χ1n) is 4.84. The topological polar surface area (TPSA) is 39.2 Å². The normalized spacial score (nSPS) is 12.7. The minimum absolute atomic E-state index is 0.0590. The van der Waals surface area contributed by atoms with Gasteiger partial charge in [0, 0.05) is 12.8 Å². The molecule has 1 aromatic heterocycles. The van der Waals surface area contributed by atoms with Crippen molar-refractivity contribution >= 4 is 17.6 Å². The summed E-state index contributed by atoms with van der Waals surface area (Å²) in [5.41, 5.74) is 0. The van der Waals surface area contributed by atoms with Crippen LogP contribution in [0, 0.1) is 0 Å². The van der Waals surface area contributed by atoms with Crippen molar-refractivity contribution in [3.05, 3.63) is 16.1 Å². The summed E-state index contributed by atoms with van der Waals surface area (Å²) in [5, 5.41) is 0.913. The summed E-state index contributed by atoms with van der Waals surface area (Å²) < 4.78 is 5.56. The molecule has 0 amide bonds. The molecule has 4 heteroatoms. The Labute approximate surface area is 88.1 Å². The molecule has 0 bridgehead atoms. The van der Waals surface area contributed by atoms with Crippen molar-refractivity contribution in [1.29, 1.82) is 0 Å². The number of hydrogen-bond acceptors (Lipinski definition) is 4. The van der Waals surface area contributed by atoms with Gasteiger partial charge in [-0.3, -0.25) is 4.79 Å². The van der Waals surface area contributed by atoms with E-state index in [1.807, 2.05) is 6.92 Å². The fourth-order valence-electron chi connectivity index (χ4n) is 1.25. The number of ether oxygens (including phenoxy) is 1. The molecule has 1 aromatic rings. The van der Waals surface area contributed by atoms with Crippen LogP contribution in [0.5, 0.6) is 0 Å². The second kappa shape index (κ2) is 5.88. The Morgan fingerprint density at radius 3 is 2.93 bits per heavy atom. The van der Waals surface area contributed by atoms with Gasteiger partial charge in [0.05, 0.1) is 4.88 Å². The number of carbonyl (C=O) groups is 1. The Hall–Kier alpha value is -0.740. The van der Waals surface area contributed by atoms with Crippen LogP contribution >= 0.6 is 11.3 Å². The lowest BCUT2D eigenvalue weighted by atomic mass is 10.2. The maximum Gasteiger partial charge on any atom is 0.161 e. The zero-order chi connectivity index (χ0) is 10.4. The van der Waals surface area contributed by atoms with Crippen molar-refractivity contribution in [2.24, 2.45) is 0 Å². The molecule has 3 nitrogen and oxygen atoms in total. The van der Waals surface area contributed by atoms with E-state index in [9.17, 15) is 4.79 Å². The molecular weight excluding hydrogens is 198 g/mol. The van der Waals surface area contributed by atoms with Gasteiger partial charge in [-0.2, -0.15) is 0 Å². The number of aldehydes is 1. The molecule has 0 aromatic carbocycles. The number of hydrogen-bond donors (Lipinski definition) is 0. The van der Waals surface area contributed by atoms with Gasteiger partial charge in [-0.25, -0.2) is 4.98 Å². The maximum absolute atomic E-state index is 10.5. The Kier molecular flexibility index (Phi) is 4.76. The minimum Gasteiger partial charge on any atom is -0.371 e. The largest absolute Gasteiger partial charge is 0.371 e. The summed E-state index contributed by atoms with van der Waals surface area (Å²) in [6.07, 6.45) is 4.51. The van der Waals surface area contributed by atoms with Crippen molar-refractivity contribution in [1.82, 2.24) is 4.98 Å². The van der Waals surface area contributed by atoms with Crippen LogP contribution in [0.4, 0.5) is 0 Å². The average molecular weight is 213 g/mol. The van der Waals surface area contributed by atoms with E-state index in [1.54, 1.807) is 6.20 Å². The molecule has 78 valence electrons. The molecule has 1 rings (SSSR count). The van der Waals surface area contributed by atoms with Crippen molar-refractivity contribution in [3.8, 4) is 0 Å². The molecule has 1 heterocycles. The maximum atomic E-state index is 10.5. The molecular formula is C10H15NO2S. The number of aromatic nitrogens is 1. The molecule has 0 saturated heterocycles. The van der Waals surface area contributed by atoms with Crippen molar-refractivity contribution in [2.75, 3.05) is 6.61 Å². The Morgan fingerprint density at radius 1 is 1.64 bits per heavy atom. The van der Waals surface area contributed by atoms with Crippen LogP contribution in [0.2, 0.25) is 0 Å². The van der Waals surface area contributed by atoms with Gasteiger partial charge in [0.2, 0.25) is 0 Å². The first kappa shape index (κ1) is 11.3.